The molecule has 1 saturated carbocycles. The minimum absolute atomic E-state index is 0.392. The van der Waals surface area contributed by atoms with Gasteiger partial charge in [0.2, 0.25) is 0 Å². The van der Waals surface area contributed by atoms with Crippen LogP contribution in [0.15, 0.2) is 18.3 Å². The fourth-order valence-electron chi connectivity index (χ4n) is 2.13. The first kappa shape index (κ1) is 13.1. The number of anilines is 1. The molecule has 6 nitrogen and oxygen atoms in total. The Kier molecular flexibility index (Phi) is 3.64. The maximum Gasteiger partial charge on any atom is 0.159 e. The summed E-state index contributed by atoms with van der Waals surface area (Å²) in [5.74, 6) is 2.87. The van der Waals surface area contributed by atoms with Crippen LogP contribution >= 0.6 is 0 Å². The monoisotopic (exact) mass is 273 g/mol. The molecule has 0 atom stereocenters. The maximum atomic E-state index is 5.12. The number of methoxy groups -OCH3 is 1. The Morgan fingerprint density at radius 2 is 2.25 bits per heavy atom. The molecule has 0 amide bonds. The van der Waals surface area contributed by atoms with Crippen molar-refractivity contribution in [1.29, 1.82) is 0 Å². The van der Waals surface area contributed by atoms with Gasteiger partial charge in [-0.25, -0.2) is 14.6 Å². The number of nitrogens with zero attached hydrogens (tertiary/aromatic N) is 4. The predicted molar refractivity (Wildman–Crippen MR) is 76.0 cm³/mol. The van der Waals surface area contributed by atoms with Crippen molar-refractivity contribution < 1.29 is 4.74 Å². The Bertz CT molecular complexity index is 567. The van der Waals surface area contributed by atoms with E-state index in [1.165, 1.54) is 12.8 Å². The quantitative estimate of drug-likeness (QED) is 0.873. The molecule has 0 saturated heterocycles. The number of hydrogen-bond donors (Lipinski definition) is 1. The summed E-state index contributed by atoms with van der Waals surface area (Å²) in [4.78, 5) is 8.90. The molecule has 2 aromatic rings. The first-order chi connectivity index (χ1) is 9.80. The lowest BCUT2D eigenvalue weighted by molar-refractivity contribution is 0.178. The molecule has 2 heterocycles. The van der Waals surface area contributed by atoms with E-state index in [2.05, 4.69) is 26.4 Å². The fraction of sp³-hybridized carbons (Fsp3) is 0.500. The standard InChI is InChI=1S/C14H19N5O/c1-3-15-12-8-14(17-13(16-12)9-20-2)19-7-6-11(18-19)10-4-5-10/h6-8,10H,3-5,9H2,1-2H3,(H,15,16,17). The van der Waals surface area contributed by atoms with Gasteiger partial charge in [0.1, 0.15) is 12.4 Å². The van der Waals surface area contributed by atoms with Gasteiger partial charge in [-0.2, -0.15) is 5.10 Å². The lowest BCUT2D eigenvalue weighted by atomic mass is 10.3. The van der Waals surface area contributed by atoms with Crippen molar-refractivity contribution in [1.82, 2.24) is 19.7 Å². The topological polar surface area (TPSA) is 64.9 Å². The molecule has 3 rings (SSSR count). The van der Waals surface area contributed by atoms with Gasteiger partial charge in [0, 0.05) is 31.8 Å². The van der Waals surface area contributed by atoms with E-state index in [9.17, 15) is 0 Å². The first-order valence-corrected chi connectivity index (χ1v) is 6.97. The summed E-state index contributed by atoms with van der Waals surface area (Å²) in [6, 6.07) is 3.98. The van der Waals surface area contributed by atoms with E-state index in [0.717, 1.165) is 23.9 Å². The molecule has 0 aliphatic heterocycles. The van der Waals surface area contributed by atoms with Crippen molar-refractivity contribution in [2.45, 2.75) is 32.3 Å². The van der Waals surface area contributed by atoms with Crippen LogP contribution in [0, 0.1) is 0 Å². The van der Waals surface area contributed by atoms with E-state index in [1.54, 1.807) is 7.11 Å². The molecule has 20 heavy (non-hydrogen) atoms. The highest BCUT2D eigenvalue weighted by molar-refractivity contribution is 5.41. The molecule has 0 aromatic carbocycles. The number of ether oxygens (including phenoxy) is 1. The second-order valence-electron chi connectivity index (χ2n) is 4.95. The van der Waals surface area contributed by atoms with E-state index < -0.39 is 0 Å². The summed E-state index contributed by atoms with van der Waals surface area (Å²) in [6.45, 7) is 3.25. The zero-order chi connectivity index (χ0) is 13.9. The Labute approximate surface area is 118 Å². The van der Waals surface area contributed by atoms with E-state index in [0.29, 0.717) is 18.3 Å². The Hall–Kier alpha value is -1.95. The lowest BCUT2D eigenvalue weighted by Gasteiger charge is -2.08. The highest BCUT2D eigenvalue weighted by Crippen LogP contribution is 2.38. The minimum atomic E-state index is 0.392. The lowest BCUT2D eigenvalue weighted by Crippen LogP contribution is -2.09. The van der Waals surface area contributed by atoms with Crippen molar-refractivity contribution in [3.8, 4) is 5.82 Å². The number of nitrogens with one attached hydrogen (secondary N) is 1. The van der Waals surface area contributed by atoms with Crippen molar-refractivity contribution in [2.75, 3.05) is 19.0 Å². The second-order valence-corrected chi connectivity index (χ2v) is 4.95. The predicted octanol–water partition coefficient (Wildman–Crippen LogP) is 2.12. The van der Waals surface area contributed by atoms with Gasteiger partial charge in [0.25, 0.3) is 0 Å². The Morgan fingerprint density at radius 3 is 2.95 bits per heavy atom. The molecule has 6 heteroatoms. The van der Waals surface area contributed by atoms with Gasteiger partial charge in [0.15, 0.2) is 11.6 Å². The van der Waals surface area contributed by atoms with Crippen LogP contribution in [0.4, 0.5) is 5.82 Å². The molecular weight excluding hydrogens is 254 g/mol. The van der Waals surface area contributed by atoms with E-state index in [1.807, 2.05) is 23.9 Å². The van der Waals surface area contributed by atoms with Gasteiger partial charge in [-0.3, -0.25) is 0 Å². The molecular formula is C14H19N5O. The summed E-state index contributed by atoms with van der Waals surface area (Å²) >= 11 is 0. The molecule has 1 aliphatic carbocycles. The number of rotatable bonds is 6. The summed E-state index contributed by atoms with van der Waals surface area (Å²) in [6.07, 6.45) is 4.46. The normalized spacial score (nSPS) is 14.5. The average molecular weight is 273 g/mol. The third-order valence-corrected chi connectivity index (χ3v) is 3.23. The van der Waals surface area contributed by atoms with Crippen molar-refractivity contribution in [2.24, 2.45) is 0 Å². The molecule has 1 fully saturated rings. The third-order valence-electron chi connectivity index (χ3n) is 3.23. The van der Waals surface area contributed by atoms with Crippen LogP contribution in [-0.2, 0) is 11.3 Å². The van der Waals surface area contributed by atoms with Crippen LogP contribution in [0.3, 0.4) is 0 Å². The minimum Gasteiger partial charge on any atom is -0.377 e. The molecule has 2 aromatic heterocycles. The van der Waals surface area contributed by atoms with Gasteiger partial charge in [-0.15, -0.1) is 0 Å². The molecule has 1 N–H and O–H groups in total. The van der Waals surface area contributed by atoms with E-state index >= 15 is 0 Å². The fourth-order valence-corrected chi connectivity index (χ4v) is 2.13. The van der Waals surface area contributed by atoms with E-state index in [-0.39, 0.29) is 0 Å². The Morgan fingerprint density at radius 1 is 1.40 bits per heavy atom. The van der Waals surface area contributed by atoms with Gasteiger partial charge in [-0.05, 0) is 25.8 Å². The summed E-state index contributed by atoms with van der Waals surface area (Å²) in [7, 11) is 1.64. The van der Waals surface area contributed by atoms with Crippen LogP contribution in [-0.4, -0.2) is 33.4 Å². The molecule has 0 radical (unpaired) electrons. The molecule has 0 bridgehead atoms. The van der Waals surface area contributed by atoms with Crippen molar-refractivity contribution in [3.05, 3.63) is 29.8 Å². The van der Waals surface area contributed by atoms with Crippen molar-refractivity contribution >= 4 is 5.82 Å². The van der Waals surface area contributed by atoms with Gasteiger partial charge in [0.05, 0.1) is 5.69 Å². The van der Waals surface area contributed by atoms with Gasteiger partial charge < -0.3 is 10.1 Å². The number of aromatic nitrogens is 4. The number of hydrogen-bond acceptors (Lipinski definition) is 5. The summed E-state index contributed by atoms with van der Waals surface area (Å²) < 4.78 is 6.94. The van der Waals surface area contributed by atoms with Crippen LogP contribution < -0.4 is 5.32 Å². The molecule has 1 aliphatic rings. The van der Waals surface area contributed by atoms with Gasteiger partial charge in [-0.1, -0.05) is 0 Å². The highest BCUT2D eigenvalue weighted by Gasteiger charge is 2.26. The van der Waals surface area contributed by atoms with Crippen LogP contribution in [0.5, 0.6) is 0 Å². The van der Waals surface area contributed by atoms with Crippen LogP contribution in [0.25, 0.3) is 5.82 Å². The largest absolute Gasteiger partial charge is 0.377 e. The van der Waals surface area contributed by atoms with Crippen molar-refractivity contribution in [3.63, 3.8) is 0 Å². The average Bonchev–Trinajstić information content (AvgIpc) is 3.17. The Balaban J connectivity index is 1.92. The summed E-state index contributed by atoms with van der Waals surface area (Å²) in [5, 5.41) is 7.81. The highest BCUT2D eigenvalue weighted by atomic mass is 16.5. The maximum absolute atomic E-state index is 5.12. The van der Waals surface area contributed by atoms with Crippen LogP contribution in [0.1, 0.15) is 37.2 Å². The third kappa shape index (κ3) is 2.80. The smallest absolute Gasteiger partial charge is 0.159 e. The molecule has 106 valence electrons. The SMILES string of the molecule is CCNc1cc(-n2ccc(C3CC3)n2)nc(COC)n1. The summed E-state index contributed by atoms with van der Waals surface area (Å²) in [5.41, 5.74) is 1.15. The second kappa shape index (κ2) is 5.58. The molecule has 0 spiro atoms. The van der Waals surface area contributed by atoms with Crippen LogP contribution in [0.2, 0.25) is 0 Å². The van der Waals surface area contributed by atoms with E-state index in [4.69, 9.17) is 4.74 Å². The molecule has 0 unspecified atom stereocenters. The zero-order valence-electron chi connectivity index (χ0n) is 11.8. The van der Waals surface area contributed by atoms with Gasteiger partial charge >= 0.3 is 0 Å². The zero-order valence-corrected chi connectivity index (χ0v) is 11.8. The first-order valence-electron chi connectivity index (χ1n) is 6.97.